The lowest BCUT2D eigenvalue weighted by Crippen LogP contribution is -2.41. The minimum Gasteiger partial charge on any atom is -0.492 e. The van der Waals surface area contributed by atoms with Gasteiger partial charge in [-0.3, -0.25) is 4.79 Å². The van der Waals surface area contributed by atoms with Crippen LogP contribution in [0.3, 0.4) is 0 Å². The molecule has 192 valence electrons. The Labute approximate surface area is 223 Å². The zero-order valence-corrected chi connectivity index (χ0v) is 21.5. The molecule has 0 unspecified atom stereocenters. The van der Waals surface area contributed by atoms with Gasteiger partial charge in [0.2, 0.25) is 5.91 Å². The summed E-state index contributed by atoms with van der Waals surface area (Å²) < 4.78 is 12.0. The van der Waals surface area contributed by atoms with E-state index in [-0.39, 0.29) is 5.91 Å². The fourth-order valence-electron chi connectivity index (χ4n) is 4.25. The van der Waals surface area contributed by atoms with Crippen LogP contribution in [0.1, 0.15) is 17.8 Å². The molecule has 1 aliphatic heterocycles. The van der Waals surface area contributed by atoms with E-state index in [0.29, 0.717) is 54.6 Å². The smallest absolute Gasteiger partial charge is 0.248 e. The van der Waals surface area contributed by atoms with E-state index in [4.69, 9.17) is 26.2 Å². The lowest BCUT2D eigenvalue weighted by atomic mass is 9.98. The van der Waals surface area contributed by atoms with E-state index in [1.807, 2.05) is 35.7 Å². The third kappa shape index (κ3) is 6.10. The lowest BCUT2D eigenvalue weighted by Gasteiger charge is -2.31. The lowest BCUT2D eigenvalue weighted by molar-refractivity contribution is -0.135. The van der Waals surface area contributed by atoms with Crippen LogP contribution in [0, 0.1) is 5.92 Å². The number of rotatable bonds is 9. The second kappa shape index (κ2) is 11.7. The summed E-state index contributed by atoms with van der Waals surface area (Å²) in [4.78, 5) is 26.5. The Bertz CT molecular complexity index is 1360. The van der Waals surface area contributed by atoms with Crippen molar-refractivity contribution >= 4 is 51.3 Å². The van der Waals surface area contributed by atoms with Crippen LogP contribution in [0.5, 0.6) is 11.5 Å². The highest BCUT2D eigenvalue weighted by Gasteiger charge is 2.23. The van der Waals surface area contributed by atoms with E-state index in [2.05, 4.69) is 20.3 Å². The topological polar surface area (TPSA) is 110 Å². The standard InChI is InChI=1S/C26H26ClN5O4S/c27-19-12-18(4-5-21(19)36-15-23-28-8-11-37-23)31-26-25-20(29-16-30-26)2-1-3-22(25)35-14-17-6-9-32(10-7-17)24(34)13-33/h1-5,8,11-12,16-17,33H,6-7,9-10,13-15H2,(H,29,30,31). The van der Waals surface area contributed by atoms with Gasteiger partial charge >= 0.3 is 0 Å². The number of thiazole rings is 1. The molecule has 2 aromatic heterocycles. The number of anilines is 2. The van der Waals surface area contributed by atoms with Crippen LogP contribution in [-0.2, 0) is 11.4 Å². The molecule has 0 bridgehead atoms. The molecule has 2 aromatic carbocycles. The highest BCUT2D eigenvalue weighted by molar-refractivity contribution is 7.09. The van der Waals surface area contributed by atoms with Gasteiger partial charge in [-0.2, -0.15) is 0 Å². The van der Waals surface area contributed by atoms with Crippen molar-refractivity contribution in [2.24, 2.45) is 5.92 Å². The van der Waals surface area contributed by atoms with Gasteiger partial charge < -0.3 is 24.8 Å². The number of likely N-dealkylation sites (tertiary alicyclic amines) is 1. The molecule has 11 heteroatoms. The largest absolute Gasteiger partial charge is 0.492 e. The van der Waals surface area contributed by atoms with Crippen LogP contribution < -0.4 is 14.8 Å². The molecule has 37 heavy (non-hydrogen) atoms. The van der Waals surface area contributed by atoms with Crippen molar-refractivity contribution in [1.82, 2.24) is 19.9 Å². The average Bonchev–Trinajstić information content (AvgIpc) is 3.45. The van der Waals surface area contributed by atoms with Crippen LogP contribution in [-0.4, -0.2) is 57.2 Å². The zero-order valence-electron chi connectivity index (χ0n) is 20.0. The molecular formula is C26H26ClN5O4S. The van der Waals surface area contributed by atoms with Gasteiger partial charge in [0.25, 0.3) is 0 Å². The van der Waals surface area contributed by atoms with Gasteiger partial charge in [-0.15, -0.1) is 11.3 Å². The number of halogens is 1. The van der Waals surface area contributed by atoms with Gasteiger partial charge in [-0.25, -0.2) is 15.0 Å². The molecule has 1 amide bonds. The monoisotopic (exact) mass is 539 g/mol. The number of benzene rings is 2. The Balaban J connectivity index is 1.28. The van der Waals surface area contributed by atoms with Gasteiger partial charge in [-0.1, -0.05) is 17.7 Å². The first-order chi connectivity index (χ1) is 18.1. The fraction of sp³-hybridized carbons (Fsp3) is 0.308. The molecule has 0 saturated carbocycles. The maximum absolute atomic E-state index is 11.7. The predicted octanol–water partition coefficient (Wildman–Crippen LogP) is 4.67. The fourth-order valence-corrected chi connectivity index (χ4v) is 5.01. The van der Waals surface area contributed by atoms with Crippen LogP contribution >= 0.6 is 22.9 Å². The predicted molar refractivity (Wildman–Crippen MR) is 143 cm³/mol. The van der Waals surface area contributed by atoms with Crippen LogP contribution in [0.15, 0.2) is 54.3 Å². The number of nitrogens with zero attached hydrogens (tertiary/aromatic N) is 4. The van der Waals surface area contributed by atoms with Gasteiger partial charge in [0.15, 0.2) is 0 Å². The molecule has 1 fully saturated rings. The maximum Gasteiger partial charge on any atom is 0.248 e. The number of aromatic nitrogens is 3. The van der Waals surface area contributed by atoms with Crippen molar-refractivity contribution in [1.29, 1.82) is 0 Å². The Morgan fingerprint density at radius 2 is 2.00 bits per heavy atom. The molecule has 1 saturated heterocycles. The van der Waals surface area contributed by atoms with Crippen LogP contribution in [0.4, 0.5) is 11.5 Å². The number of amides is 1. The number of fused-ring (bicyclic) bond motifs is 1. The zero-order chi connectivity index (χ0) is 25.6. The maximum atomic E-state index is 11.7. The highest BCUT2D eigenvalue weighted by atomic mass is 35.5. The first-order valence-corrected chi connectivity index (χ1v) is 13.2. The Morgan fingerprint density at radius 3 is 2.76 bits per heavy atom. The molecule has 0 atom stereocenters. The highest BCUT2D eigenvalue weighted by Crippen LogP contribution is 2.34. The molecule has 1 aliphatic rings. The average molecular weight is 540 g/mol. The molecular weight excluding hydrogens is 514 g/mol. The molecule has 0 radical (unpaired) electrons. The number of ether oxygens (including phenoxy) is 2. The van der Waals surface area contributed by atoms with Crippen molar-refractivity contribution < 1.29 is 19.4 Å². The number of carbonyl (C=O) groups is 1. The Morgan fingerprint density at radius 1 is 1.14 bits per heavy atom. The van der Waals surface area contributed by atoms with Gasteiger partial charge in [0.05, 0.1) is 22.5 Å². The van der Waals surface area contributed by atoms with Crippen molar-refractivity contribution in [3.05, 3.63) is 64.3 Å². The minimum absolute atomic E-state index is 0.222. The van der Waals surface area contributed by atoms with Crippen LogP contribution in [0.2, 0.25) is 5.02 Å². The van der Waals surface area contributed by atoms with E-state index < -0.39 is 6.61 Å². The summed E-state index contributed by atoms with van der Waals surface area (Å²) in [6, 6.07) is 11.2. The van der Waals surface area contributed by atoms with Crippen molar-refractivity contribution in [3.63, 3.8) is 0 Å². The van der Waals surface area contributed by atoms with Gasteiger partial charge in [0.1, 0.15) is 41.9 Å². The van der Waals surface area contributed by atoms with E-state index >= 15 is 0 Å². The second-order valence-electron chi connectivity index (χ2n) is 8.65. The molecule has 5 rings (SSSR count). The molecule has 2 N–H and O–H groups in total. The molecule has 9 nitrogen and oxygen atoms in total. The summed E-state index contributed by atoms with van der Waals surface area (Å²) in [5, 5.41) is 16.4. The molecule has 3 heterocycles. The summed E-state index contributed by atoms with van der Waals surface area (Å²) >= 11 is 8.01. The van der Waals surface area contributed by atoms with Crippen molar-refractivity contribution in [2.75, 3.05) is 31.6 Å². The van der Waals surface area contributed by atoms with Crippen molar-refractivity contribution in [2.45, 2.75) is 19.4 Å². The quantitative estimate of drug-likeness (QED) is 0.316. The SMILES string of the molecule is O=C(CO)N1CCC(COc2cccc3ncnc(Nc4ccc(OCc5nccs5)c(Cl)c4)c23)CC1. The Kier molecular flexibility index (Phi) is 7.98. The third-order valence-corrected chi connectivity index (χ3v) is 7.28. The summed E-state index contributed by atoms with van der Waals surface area (Å²) in [6.07, 6.45) is 4.91. The third-order valence-electron chi connectivity index (χ3n) is 6.23. The first kappa shape index (κ1) is 25.2. The Hall–Kier alpha value is -3.47. The number of piperidine rings is 1. The van der Waals surface area contributed by atoms with E-state index in [1.165, 1.54) is 17.7 Å². The number of hydrogen-bond acceptors (Lipinski definition) is 9. The summed E-state index contributed by atoms with van der Waals surface area (Å²) in [7, 11) is 0. The summed E-state index contributed by atoms with van der Waals surface area (Å²) in [5.74, 6) is 1.96. The van der Waals surface area contributed by atoms with Crippen molar-refractivity contribution in [3.8, 4) is 11.5 Å². The molecule has 4 aromatic rings. The number of hydrogen-bond donors (Lipinski definition) is 2. The number of nitrogens with one attached hydrogen (secondary N) is 1. The normalized spacial score (nSPS) is 14.1. The minimum atomic E-state index is -0.444. The second-order valence-corrected chi connectivity index (χ2v) is 10.0. The summed E-state index contributed by atoms with van der Waals surface area (Å²) in [5.41, 5.74) is 1.51. The van der Waals surface area contributed by atoms with E-state index in [0.717, 1.165) is 34.4 Å². The van der Waals surface area contributed by atoms with Gasteiger partial charge in [0, 0.05) is 30.4 Å². The van der Waals surface area contributed by atoms with E-state index in [1.54, 1.807) is 17.2 Å². The number of aliphatic hydroxyl groups is 1. The van der Waals surface area contributed by atoms with Gasteiger partial charge in [-0.05, 0) is 49.1 Å². The molecule has 0 spiro atoms. The van der Waals surface area contributed by atoms with E-state index in [9.17, 15) is 4.79 Å². The molecule has 0 aliphatic carbocycles. The number of carbonyl (C=O) groups excluding carboxylic acids is 1. The van der Waals surface area contributed by atoms with Crippen LogP contribution in [0.25, 0.3) is 10.9 Å². The first-order valence-electron chi connectivity index (χ1n) is 11.9. The summed E-state index contributed by atoms with van der Waals surface area (Å²) in [6.45, 7) is 1.69. The number of aliphatic hydroxyl groups excluding tert-OH is 1.